The number of rotatable bonds is 4. The lowest BCUT2D eigenvalue weighted by Crippen LogP contribution is -2.46. The van der Waals surface area contributed by atoms with Crippen molar-refractivity contribution in [2.24, 2.45) is 0 Å². The van der Waals surface area contributed by atoms with Crippen LogP contribution in [0.5, 0.6) is 0 Å². The van der Waals surface area contributed by atoms with E-state index in [4.69, 9.17) is 11.6 Å². The Kier molecular flexibility index (Phi) is 7.75. The standard InChI is InChI=1S/C20H20ClF3N2O.ClH/c21-17-14(9-6-10-15(17)20(22,23)24)19(27)26-18(13-7-2-1-3-8-13)16-11-4-5-12-25-16;/h1-3,6-10,16,18,25H,4-5,11-12H2,(H,26,27);1H/t16-,18?;/m0./s1. The monoisotopic (exact) mass is 432 g/mol. The Balaban J connectivity index is 0.00000280. The number of alkyl halides is 3. The summed E-state index contributed by atoms with van der Waals surface area (Å²) in [6, 6.07) is 12.4. The fourth-order valence-electron chi connectivity index (χ4n) is 3.39. The van der Waals surface area contributed by atoms with Crippen LogP contribution >= 0.6 is 24.0 Å². The van der Waals surface area contributed by atoms with E-state index in [9.17, 15) is 18.0 Å². The second-order valence-electron chi connectivity index (χ2n) is 6.58. The van der Waals surface area contributed by atoms with E-state index in [1.165, 1.54) is 12.1 Å². The summed E-state index contributed by atoms with van der Waals surface area (Å²) >= 11 is 5.91. The number of carbonyl (C=O) groups excluding carboxylic acids is 1. The molecule has 0 aromatic heterocycles. The molecule has 0 saturated carbocycles. The van der Waals surface area contributed by atoms with Crippen LogP contribution in [0.4, 0.5) is 13.2 Å². The van der Waals surface area contributed by atoms with Gasteiger partial charge in [0.15, 0.2) is 0 Å². The average Bonchev–Trinajstić information content (AvgIpc) is 2.66. The minimum Gasteiger partial charge on any atom is -0.344 e. The summed E-state index contributed by atoms with van der Waals surface area (Å²) in [4.78, 5) is 12.8. The number of halogens is 5. The van der Waals surface area contributed by atoms with Crippen LogP contribution in [0.2, 0.25) is 5.02 Å². The molecule has 0 aliphatic carbocycles. The van der Waals surface area contributed by atoms with Gasteiger partial charge in [-0.3, -0.25) is 4.79 Å². The zero-order chi connectivity index (χ0) is 19.4. The third kappa shape index (κ3) is 5.19. The minimum absolute atomic E-state index is 0. The van der Waals surface area contributed by atoms with Crippen LogP contribution in [-0.2, 0) is 6.18 Å². The SMILES string of the molecule is Cl.O=C(NC(c1ccccc1)[C@@H]1CCCCN1)c1cccc(C(F)(F)F)c1Cl. The van der Waals surface area contributed by atoms with Crippen LogP contribution in [0.1, 0.15) is 46.8 Å². The molecule has 0 radical (unpaired) electrons. The van der Waals surface area contributed by atoms with Crippen LogP contribution in [-0.4, -0.2) is 18.5 Å². The molecule has 28 heavy (non-hydrogen) atoms. The van der Waals surface area contributed by atoms with Gasteiger partial charge in [0.05, 0.1) is 22.2 Å². The average molecular weight is 433 g/mol. The fraction of sp³-hybridized carbons (Fsp3) is 0.350. The lowest BCUT2D eigenvalue weighted by molar-refractivity contribution is -0.137. The molecule has 3 nitrogen and oxygen atoms in total. The van der Waals surface area contributed by atoms with E-state index < -0.39 is 22.7 Å². The van der Waals surface area contributed by atoms with Crippen molar-refractivity contribution in [2.75, 3.05) is 6.54 Å². The maximum atomic E-state index is 13.1. The molecule has 0 spiro atoms. The first-order valence-corrected chi connectivity index (χ1v) is 9.20. The van der Waals surface area contributed by atoms with E-state index in [0.29, 0.717) is 0 Å². The summed E-state index contributed by atoms with van der Waals surface area (Å²) < 4.78 is 39.3. The van der Waals surface area contributed by atoms with E-state index in [1.807, 2.05) is 30.3 Å². The minimum atomic E-state index is -4.61. The molecule has 152 valence electrons. The van der Waals surface area contributed by atoms with Gasteiger partial charge in [-0.05, 0) is 37.1 Å². The van der Waals surface area contributed by atoms with E-state index in [0.717, 1.165) is 37.4 Å². The van der Waals surface area contributed by atoms with Crippen LogP contribution in [0, 0.1) is 0 Å². The van der Waals surface area contributed by atoms with Crippen molar-refractivity contribution in [1.82, 2.24) is 10.6 Å². The molecule has 3 rings (SSSR count). The first kappa shape index (κ1) is 22.5. The number of hydrogen-bond donors (Lipinski definition) is 2. The Morgan fingerprint density at radius 2 is 1.82 bits per heavy atom. The lowest BCUT2D eigenvalue weighted by atomic mass is 9.92. The normalized spacial score (nSPS) is 18.1. The molecule has 1 aliphatic heterocycles. The summed E-state index contributed by atoms with van der Waals surface area (Å²) in [6.45, 7) is 0.841. The van der Waals surface area contributed by atoms with Crippen molar-refractivity contribution in [1.29, 1.82) is 0 Å². The smallest absolute Gasteiger partial charge is 0.344 e. The lowest BCUT2D eigenvalue weighted by Gasteiger charge is -2.32. The van der Waals surface area contributed by atoms with Gasteiger partial charge in [-0.15, -0.1) is 12.4 Å². The third-order valence-electron chi connectivity index (χ3n) is 4.74. The number of benzene rings is 2. The fourth-order valence-corrected chi connectivity index (χ4v) is 3.70. The molecular formula is C20H21Cl2F3N2O. The summed E-state index contributed by atoms with van der Waals surface area (Å²) in [7, 11) is 0. The summed E-state index contributed by atoms with van der Waals surface area (Å²) in [5, 5.41) is 5.70. The Labute approximate surface area is 173 Å². The quantitative estimate of drug-likeness (QED) is 0.679. The molecule has 2 aromatic rings. The second kappa shape index (κ2) is 9.63. The molecule has 2 aromatic carbocycles. The van der Waals surface area contributed by atoms with Gasteiger partial charge in [0, 0.05) is 6.04 Å². The van der Waals surface area contributed by atoms with Crippen molar-refractivity contribution in [3.63, 3.8) is 0 Å². The van der Waals surface area contributed by atoms with Gasteiger partial charge in [-0.1, -0.05) is 54.4 Å². The molecule has 2 atom stereocenters. The first-order chi connectivity index (χ1) is 12.9. The molecule has 8 heteroatoms. The number of piperidine rings is 1. The summed E-state index contributed by atoms with van der Waals surface area (Å²) in [6.07, 6.45) is -1.65. The Hall–Kier alpha value is -1.76. The van der Waals surface area contributed by atoms with Crippen LogP contribution in [0.15, 0.2) is 48.5 Å². The van der Waals surface area contributed by atoms with Crippen molar-refractivity contribution in [3.8, 4) is 0 Å². The zero-order valence-corrected chi connectivity index (χ0v) is 16.5. The zero-order valence-electron chi connectivity index (χ0n) is 14.9. The number of amides is 1. The van der Waals surface area contributed by atoms with E-state index in [2.05, 4.69) is 10.6 Å². The van der Waals surface area contributed by atoms with Gasteiger partial charge >= 0.3 is 6.18 Å². The molecule has 1 aliphatic rings. The van der Waals surface area contributed by atoms with Gasteiger partial charge in [0.1, 0.15) is 0 Å². The predicted octanol–water partition coefficient (Wildman–Crippen LogP) is 5.39. The van der Waals surface area contributed by atoms with Gasteiger partial charge in [0.25, 0.3) is 5.91 Å². The molecule has 1 saturated heterocycles. The maximum absolute atomic E-state index is 13.1. The molecule has 0 bridgehead atoms. The Bertz CT molecular complexity index is 794. The first-order valence-electron chi connectivity index (χ1n) is 8.83. The molecule has 1 fully saturated rings. The van der Waals surface area contributed by atoms with Gasteiger partial charge in [-0.25, -0.2) is 0 Å². The number of carbonyl (C=O) groups is 1. The molecule has 1 unspecified atom stereocenters. The highest BCUT2D eigenvalue weighted by molar-refractivity contribution is 6.34. The predicted molar refractivity (Wildman–Crippen MR) is 106 cm³/mol. The van der Waals surface area contributed by atoms with E-state index >= 15 is 0 Å². The number of nitrogens with one attached hydrogen (secondary N) is 2. The molecule has 2 N–H and O–H groups in total. The summed E-state index contributed by atoms with van der Waals surface area (Å²) in [5.41, 5.74) is -0.291. The van der Waals surface area contributed by atoms with Crippen molar-refractivity contribution in [3.05, 3.63) is 70.2 Å². The maximum Gasteiger partial charge on any atom is 0.417 e. The topological polar surface area (TPSA) is 41.1 Å². The van der Waals surface area contributed by atoms with Crippen molar-refractivity contribution >= 4 is 29.9 Å². The van der Waals surface area contributed by atoms with Crippen LogP contribution in [0.3, 0.4) is 0 Å². The van der Waals surface area contributed by atoms with Crippen molar-refractivity contribution in [2.45, 2.75) is 37.5 Å². The second-order valence-corrected chi connectivity index (χ2v) is 6.96. The van der Waals surface area contributed by atoms with Crippen molar-refractivity contribution < 1.29 is 18.0 Å². The Morgan fingerprint density at radius 1 is 1.11 bits per heavy atom. The van der Waals surface area contributed by atoms with E-state index in [1.54, 1.807) is 0 Å². The highest BCUT2D eigenvalue weighted by Crippen LogP contribution is 2.36. The molecular weight excluding hydrogens is 412 g/mol. The van der Waals surface area contributed by atoms with Gasteiger partial charge in [0.2, 0.25) is 0 Å². The Morgan fingerprint density at radius 3 is 2.43 bits per heavy atom. The largest absolute Gasteiger partial charge is 0.417 e. The van der Waals surface area contributed by atoms with Gasteiger partial charge in [-0.2, -0.15) is 13.2 Å². The van der Waals surface area contributed by atoms with Crippen LogP contribution < -0.4 is 10.6 Å². The number of hydrogen-bond acceptors (Lipinski definition) is 2. The molecule has 1 amide bonds. The summed E-state index contributed by atoms with van der Waals surface area (Å²) in [5.74, 6) is -0.618. The van der Waals surface area contributed by atoms with Crippen LogP contribution in [0.25, 0.3) is 0 Å². The highest BCUT2D eigenvalue weighted by Gasteiger charge is 2.35. The highest BCUT2D eigenvalue weighted by atomic mass is 35.5. The molecule has 1 heterocycles. The van der Waals surface area contributed by atoms with E-state index in [-0.39, 0.29) is 30.1 Å². The van der Waals surface area contributed by atoms with Gasteiger partial charge < -0.3 is 10.6 Å². The third-order valence-corrected chi connectivity index (χ3v) is 5.15.